The van der Waals surface area contributed by atoms with Crippen LogP contribution in [0.15, 0.2) is 258 Å². The first-order valence-corrected chi connectivity index (χ1v) is 32.0. The van der Waals surface area contributed by atoms with Crippen LogP contribution in [0.25, 0.3) is 104 Å². The molecule has 16 aromatic rings. The minimum Gasteiger partial charge on any atom is -0.452 e. The second kappa shape index (κ2) is 19.7. The molecule has 1 aliphatic heterocycles. The van der Waals surface area contributed by atoms with E-state index in [4.69, 9.17) is 8.83 Å². The number of hydrogen-bond donors (Lipinski definition) is 0. The van der Waals surface area contributed by atoms with Crippen LogP contribution in [0.3, 0.4) is 0 Å². The van der Waals surface area contributed by atoms with E-state index < -0.39 is 5.41 Å². The largest absolute Gasteiger partial charge is 0.452 e. The summed E-state index contributed by atoms with van der Waals surface area (Å²) in [5, 5.41) is 31.6. The molecule has 0 radical (unpaired) electrons. The number of anilines is 5. The molecule has 0 saturated carbocycles. The normalized spacial score (nSPS) is 13.2. The molecule has 18 rings (SSSR count). The van der Waals surface area contributed by atoms with Crippen LogP contribution in [0.5, 0.6) is 0 Å². The molecule has 0 fully saturated rings. The highest BCUT2D eigenvalue weighted by atomic mass is 16.3. The molecule has 0 saturated heterocycles. The Kier molecular flexibility index (Phi) is 11.5. The Hall–Kier alpha value is -11.6. The maximum Gasteiger partial charge on any atom is 0.159 e. The van der Waals surface area contributed by atoms with E-state index in [9.17, 15) is 10.5 Å². The molecule has 3 aromatic heterocycles. The van der Waals surface area contributed by atoms with Gasteiger partial charge in [0.05, 0.1) is 44.6 Å². The van der Waals surface area contributed by atoms with Gasteiger partial charge in [-0.3, -0.25) is 0 Å². The van der Waals surface area contributed by atoms with Crippen LogP contribution < -0.4 is 9.80 Å². The van der Waals surface area contributed by atoms with Crippen LogP contribution in [0, 0.1) is 22.7 Å². The lowest BCUT2D eigenvalue weighted by Gasteiger charge is -2.40. The first kappa shape index (κ1) is 54.3. The van der Waals surface area contributed by atoms with Gasteiger partial charge in [0.25, 0.3) is 0 Å². The lowest BCUT2D eigenvalue weighted by molar-refractivity contribution is 0.590. The number of rotatable bonds is 7. The molecule has 93 heavy (non-hydrogen) atoms. The Morgan fingerprint density at radius 3 is 1.48 bits per heavy atom. The van der Waals surface area contributed by atoms with Crippen molar-refractivity contribution >= 4 is 116 Å². The molecule has 4 heterocycles. The standard InChI is InChI=1S/C86H61N5O2/c1-84(2,3)56-35-31-51(32-36-56)50-89(75-29-15-25-65-63-23-13-19-54(48-87)80(63)92-82(65)75)59-41-44-73-67(45-59)68-46-60(90(58-39-37-57(38-40-58)85(4,5)6)76-30-16-26-66-64-24-14-20-55(49-88)81(64)93-83(66)76)47-72-79(68)91(73)74-28-12-11-27-69(74)86(72)70-42-33-52-17-7-9-21-61(52)77(70)78-62-22-10-8-18-53(62)34-43-71(78)86/h7-47H,50H2,1-6H3. The predicted octanol–water partition coefficient (Wildman–Crippen LogP) is 22.7. The number of hydrogen-bond acceptors (Lipinski definition) is 6. The van der Waals surface area contributed by atoms with Crippen molar-refractivity contribution in [1.29, 1.82) is 10.5 Å². The van der Waals surface area contributed by atoms with E-state index in [0.29, 0.717) is 34.4 Å². The van der Waals surface area contributed by atoms with E-state index in [1.54, 1.807) is 0 Å². The molecule has 0 unspecified atom stereocenters. The third kappa shape index (κ3) is 7.75. The van der Waals surface area contributed by atoms with Gasteiger partial charge in [0.2, 0.25) is 0 Å². The zero-order chi connectivity index (χ0) is 62.8. The molecule has 7 nitrogen and oxygen atoms in total. The van der Waals surface area contributed by atoms with Crippen LogP contribution >= 0.6 is 0 Å². The zero-order valence-electron chi connectivity index (χ0n) is 52.4. The lowest BCUT2D eigenvalue weighted by Crippen LogP contribution is -2.33. The van der Waals surface area contributed by atoms with Crippen LogP contribution in [0.4, 0.5) is 28.4 Å². The number of fused-ring (bicyclic) bond motifs is 22. The van der Waals surface area contributed by atoms with E-state index in [1.165, 1.54) is 60.5 Å². The monoisotopic (exact) mass is 1200 g/mol. The number of benzene rings is 13. The number of furan rings is 2. The fourth-order valence-corrected chi connectivity index (χ4v) is 15.8. The molecule has 442 valence electrons. The Morgan fingerprint density at radius 2 is 0.892 bits per heavy atom. The third-order valence-electron chi connectivity index (χ3n) is 20.2. The molecule has 0 N–H and O–H groups in total. The van der Waals surface area contributed by atoms with Crippen molar-refractivity contribution in [2.45, 2.75) is 64.3 Å². The van der Waals surface area contributed by atoms with Crippen LogP contribution in [0.1, 0.15) is 91.6 Å². The first-order valence-electron chi connectivity index (χ1n) is 32.0. The van der Waals surface area contributed by atoms with Gasteiger partial charge in [0.1, 0.15) is 12.1 Å². The second-order valence-corrected chi connectivity index (χ2v) is 27.4. The minimum atomic E-state index is -0.837. The summed E-state index contributed by atoms with van der Waals surface area (Å²) >= 11 is 0. The van der Waals surface area contributed by atoms with Crippen molar-refractivity contribution in [3.05, 3.63) is 299 Å². The maximum absolute atomic E-state index is 10.6. The predicted molar refractivity (Wildman–Crippen MR) is 381 cm³/mol. The Morgan fingerprint density at radius 1 is 0.398 bits per heavy atom. The van der Waals surface area contributed by atoms with Crippen molar-refractivity contribution < 1.29 is 8.83 Å². The molecule has 0 amide bonds. The molecular weight excluding hydrogens is 1130 g/mol. The van der Waals surface area contributed by atoms with E-state index >= 15 is 0 Å². The second-order valence-electron chi connectivity index (χ2n) is 27.4. The van der Waals surface area contributed by atoms with Crippen LogP contribution in [0.2, 0.25) is 0 Å². The smallest absolute Gasteiger partial charge is 0.159 e. The van der Waals surface area contributed by atoms with Gasteiger partial charge in [0, 0.05) is 55.9 Å². The van der Waals surface area contributed by atoms with Crippen molar-refractivity contribution in [1.82, 2.24) is 4.57 Å². The molecule has 1 spiro atoms. The molecule has 0 bridgehead atoms. The first-order chi connectivity index (χ1) is 45.3. The number of nitriles is 2. The summed E-state index contributed by atoms with van der Waals surface area (Å²) in [6.07, 6.45) is 0. The highest BCUT2D eigenvalue weighted by molar-refractivity contribution is 6.19. The summed E-state index contributed by atoms with van der Waals surface area (Å²) in [5.41, 5.74) is 21.5. The Balaban J connectivity index is 0.988. The van der Waals surface area contributed by atoms with Crippen molar-refractivity contribution in [3.63, 3.8) is 0 Å². The van der Waals surface area contributed by atoms with Gasteiger partial charge in [0.15, 0.2) is 22.3 Å². The summed E-state index contributed by atoms with van der Waals surface area (Å²) < 4.78 is 16.5. The Labute approximate surface area is 538 Å². The van der Waals surface area contributed by atoms with Gasteiger partial charge in [-0.2, -0.15) is 10.5 Å². The van der Waals surface area contributed by atoms with E-state index in [0.717, 1.165) is 94.2 Å². The SMILES string of the molecule is CC(C)(C)c1ccc(CN(c2ccc3c(c2)c2cc(N(c4ccc(C(C)(C)C)cc4)c4cccc5c4oc4c(C#N)cccc45)cc4c2n3-c2ccccc2C42c3ccc4ccccc4c3-c3c2ccc2ccccc32)c2cccc3c2oc2c(C#N)cccc23)cc1. The molecule has 13 aromatic carbocycles. The third-order valence-corrected chi connectivity index (χ3v) is 20.2. The number of para-hydroxylation sites is 5. The van der Waals surface area contributed by atoms with E-state index in [2.05, 4.69) is 293 Å². The van der Waals surface area contributed by atoms with Gasteiger partial charge < -0.3 is 23.2 Å². The van der Waals surface area contributed by atoms with Crippen molar-refractivity contribution in [2.24, 2.45) is 0 Å². The van der Waals surface area contributed by atoms with Gasteiger partial charge in [-0.1, -0.05) is 217 Å². The molecule has 0 atom stereocenters. The lowest BCUT2D eigenvalue weighted by atomic mass is 9.65. The molecule has 2 aliphatic rings. The minimum absolute atomic E-state index is 0.0242. The average molecular weight is 1200 g/mol. The van der Waals surface area contributed by atoms with Crippen LogP contribution in [-0.4, -0.2) is 4.57 Å². The topological polar surface area (TPSA) is 85.3 Å². The van der Waals surface area contributed by atoms with E-state index in [1.807, 2.05) is 24.3 Å². The quantitative estimate of drug-likeness (QED) is 0.158. The highest BCUT2D eigenvalue weighted by Crippen LogP contribution is 2.64. The summed E-state index contributed by atoms with van der Waals surface area (Å²) in [6, 6.07) is 95.7. The zero-order valence-corrected chi connectivity index (χ0v) is 52.4. The van der Waals surface area contributed by atoms with Crippen LogP contribution in [-0.2, 0) is 22.8 Å². The number of nitrogens with zero attached hydrogens (tertiary/aromatic N) is 5. The Bertz CT molecular complexity index is 5880. The molecular formula is C86H61N5O2. The summed E-state index contributed by atoms with van der Waals surface area (Å²) in [7, 11) is 0. The summed E-state index contributed by atoms with van der Waals surface area (Å²) in [6.45, 7) is 14.1. The maximum atomic E-state index is 10.6. The molecule has 7 heteroatoms. The average Bonchev–Trinajstić information content (AvgIpc) is 1.51. The van der Waals surface area contributed by atoms with Crippen molar-refractivity contribution in [2.75, 3.05) is 9.80 Å². The summed E-state index contributed by atoms with van der Waals surface area (Å²) in [5.74, 6) is 0. The fraction of sp³-hybridized carbons (Fsp3) is 0.116. The fourth-order valence-electron chi connectivity index (χ4n) is 15.8. The van der Waals surface area contributed by atoms with Gasteiger partial charge >= 0.3 is 0 Å². The van der Waals surface area contributed by atoms with Gasteiger partial charge in [-0.15, -0.1) is 0 Å². The van der Waals surface area contributed by atoms with Gasteiger partial charge in [-0.05, 0) is 155 Å². The van der Waals surface area contributed by atoms with E-state index in [-0.39, 0.29) is 10.8 Å². The number of aromatic nitrogens is 1. The highest BCUT2D eigenvalue weighted by Gasteiger charge is 2.52. The van der Waals surface area contributed by atoms with Gasteiger partial charge in [-0.25, -0.2) is 0 Å². The summed E-state index contributed by atoms with van der Waals surface area (Å²) in [4.78, 5) is 4.79. The molecule has 1 aliphatic carbocycles. The van der Waals surface area contributed by atoms with Crippen molar-refractivity contribution in [3.8, 4) is 29.0 Å².